The van der Waals surface area contributed by atoms with Crippen molar-refractivity contribution in [3.63, 3.8) is 0 Å². The van der Waals surface area contributed by atoms with Gasteiger partial charge in [-0.05, 0) is 25.0 Å². The molecule has 0 saturated carbocycles. The fourth-order valence-electron chi connectivity index (χ4n) is 2.58. The van der Waals surface area contributed by atoms with Crippen molar-refractivity contribution in [2.45, 2.75) is 18.9 Å². The Hall–Kier alpha value is -1.95. The van der Waals surface area contributed by atoms with Gasteiger partial charge < -0.3 is 24.8 Å². The largest absolute Gasteiger partial charge is 0.493 e. The van der Waals surface area contributed by atoms with Gasteiger partial charge in [-0.2, -0.15) is 0 Å². The third-order valence-corrected chi connectivity index (χ3v) is 3.66. The molecule has 1 saturated heterocycles. The highest BCUT2D eigenvalue weighted by Gasteiger charge is 2.24. The summed E-state index contributed by atoms with van der Waals surface area (Å²) in [6.45, 7) is 1.30. The Bertz CT molecular complexity index is 493. The Morgan fingerprint density at radius 2 is 1.81 bits per heavy atom. The molecule has 2 rings (SSSR count). The molecule has 0 radical (unpaired) electrons. The number of nitrogens with zero attached hydrogens (tertiary/aromatic N) is 1. The summed E-state index contributed by atoms with van der Waals surface area (Å²) in [4.78, 5) is 14.4. The van der Waals surface area contributed by atoms with E-state index in [0.717, 1.165) is 19.4 Å². The number of benzene rings is 1. The molecule has 21 heavy (non-hydrogen) atoms. The molecule has 1 atom stereocenters. The monoisotopic (exact) mass is 294 g/mol. The van der Waals surface area contributed by atoms with Crippen LogP contribution in [0.2, 0.25) is 0 Å². The van der Waals surface area contributed by atoms with E-state index in [1.807, 2.05) is 0 Å². The lowest BCUT2D eigenvalue weighted by molar-refractivity contribution is 0.0708. The Labute approximate surface area is 124 Å². The van der Waals surface area contributed by atoms with Crippen LogP contribution in [-0.4, -0.2) is 51.3 Å². The summed E-state index contributed by atoms with van der Waals surface area (Å²) in [5.41, 5.74) is 6.45. The number of hydrogen-bond acceptors (Lipinski definition) is 5. The second-order valence-corrected chi connectivity index (χ2v) is 5.07. The zero-order valence-corrected chi connectivity index (χ0v) is 12.7. The highest BCUT2D eigenvalue weighted by atomic mass is 16.5. The number of nitrogens with two attached hydrogens (primary N) is 1. The van der Waals surface area contributed by atoms with Gasteiger partial charge in [-0.3, -0.25) is 4.79 Å². The topological polar surface area (TPSA) is 74.0 Å². The molecule has 1 aromatic carbocycles. The van der Waals surface area contributed by atoms with Crippen molar-refractivity contribution < 1.29 is 19.0 Å². The number of ether oxygens (including phenoxy) is 3. The van der Waals surface area contributed by atoms with Crippen molar-refractivity contribution >= 4 is 5.91 Å². The van der Waals surface area contributed by atoms with Crippen molar-refractivity contribution in [1.29, 1.82) is 0 Å². The molecule has 6 nitrogen and oxygen atoms in total. The predicted molar refractivity (Wildman–Crippen MR) is 79.2 cm³/mol. The molecule has 1 aromatic rings. The molecule has 0 unspecified atom stereocenters. The van der Waals surface area contributed by atoms with E-state index in [9.17, 15) is 4.79 Å². The molecule has 6 heteroatoms. The molecule has 0 spiro atoms. The van der Waals surface area contributed by atoms with Crippen LogP contribution < -0.4 is 19.9 Å². The highest BCUT2D eigenvalue weighted by molar-refractivity contribution is 5.95. The van der Waals surface area contributed by atoms with E-state index in [-0.39, 0.29) is 11.9 Å². The van der Waals surface area contributed by atoms with Gasteiger partial charge >= 0.3 is 0 Å². The van der Waals surface area contributed by atoms with Crippen molar-refractivity contribution in [1.82, 2.24) is 4.90 Å². The summed E-state index contributed by atoms with van der Waals surface area (Å²) in [5.74, 6) is 1.36. The number of likely N-dealkylation sites (tertiary alicyclic amines) is 1. The molecule has 0 bridgehead atoms. The zero-order chi connectivity index (χ0) is 15.4. The van der Waals surface area contributed by atoms with Crippen LogP contribution in [0.25, 0.3) is 0 Å². The molecule has 1 amide bonds. The molecule has 0 aliphatic carbocycles. The Morgan fingerprint density at radius 3 is 2.29 bits per heavy atom. The van der Waals surface area contributed by atoms with Gasteiger partial charge in [-0.1, -0.05) is 0 Å². The molecule has 2 N–H and O–H groups in total. The number of carbonyl (C=O) groups is 1. The van der Waals surface area contributed by atoms with E-state index in [1.165, 1.54) is 21.3 Å². The lowest BCUT2D eigenvalue weighted by Crippen LogP contribution is -2.45. The highest BCUT2D eigenvalue weighted by Crippen LogP contribution is 2.38. The summed E-state index contributed by atoms with van der Waals surface area (Å²) in [7, 11) is 4.59. The lowest BCUT2D eigenvalue weighted by atomic mass is 10.0. The van der Waals surface area contributed by atoms with Crippen molar-refractivity contribution in [2.24, 2.45) is 5.73 Å². The summed E-state index contributed by atoms with van der Waals surface area (Å²) >= 11 is 0. The van der Waals surface area contributed by atoms with Crippen LogP contribution >= 0.6 is 0 Å². The molecule has 1 fully saturated rings. The smallest absolute Gasteiger partial charge is 0.254 e. The quantitative estimate of drug-likeness (QED) is 0.905. The van der Waals surface area contributed by atoms with Crippen LogP contribution in [0.1, 0.15) is 23.2 Å². The van der Waals surface area contributed by atoms with Crippen LogP contribution in [0.4, 0.5) is 0 Å². The first-order valence-corrected chi connectivity index (χ1v) is 6.95. The van der Waals surface area contributed by atoms with Gasteiger partial charge in [0, 0.05) is 24.7 Å². The summed E-state index contributed by atoms with van der Waals surface area (Å²) in [6.07, 6.45) is 1.89. The van der Waals surface area contributed by atoms with E-state index in [1.54, 1.807) is 17.0 Å². The maximum absolute atomic E-state index is 12.6. The Kier molecular flexibility index (Phi) is 4.90. The predicted octanol–water partition coefficient (Wildman–Crippen LogP) is 1.28. The number of rotatable bonds is 4. The molecule has 0 aromatic heterocycles. The fraction of sp³-hybridized carbons (Fsp3) is 0.533. The van der Waals surface area contributed by atoms with Crippen LogP contribution in [0, 0.1) is 0 Å². The number of amides is 1. The number of hydrogen-bond donors (Lipinski definition) is 1. The number of piperidine rings is 1. The van der Waals surface area contributed by atoms with E-state index in [0.29, 0.717) is 29.4 Å². The third kappa shape index (κ3) is 3.21. The molecular formula is C15H22N2O4. The first kappa shape index (κ1) is 15.4. The molecule has 1 aliphatic heterocycles. The summed E-state index contributed by atoms with van der Waals surface area (Å²) in [6, 6.07) is 3.39. The average molecular weight is 294 g/mol. The van der Waals surface area contributed by atoms with Crippen molar-refractivity contribution in [3.8, 4) is 17.2 Å². The minimum Gasteiger partial charge on any atom is -0.493 e. The van der Waals surface area contributed by atoms with Gasteiger partial charge in [0.25, 0.3) is 5.91 Å². The molecule has 116 valence electrons. The zero-order valence-electron chi connectivity index (χ0n) is 12.7. The first-order chi connectivity index (χ1) is 10.1. The Morgan fingerprint density at radius 1 is 1.19 bits per heavy atom. The minimum absolute atomic E-state index is 0.0461. The molecular weight excluding hydrogens is 272 g/mol. The van der Waals surface area contributed by atoms with Gasteiger partial charge in [0.2, 0.25) is 5.75 Å². The molecule has 1 heterocycles. The van der Waals surface area contributed by atoms with Gasteiger partial charge in [-0.25, -0.2) is 0 Å². The second-order valence-electron chi connectivity index (χ2n) is 5.07. The maximum Gasteiger partial charge on any atom is 0.254 e. The number of carbonyl (C=O) groups excluding carboxylic acids is 1. The van der Waals surface area contributed by atoms with Gasteiger partial charge in [-0.15, -0.1) is 0 Å². The van der Waals surface area contributed by atoms with Crippen LogP contribution in [0.3, 0.4) is 0 Å². The number of methoxy groups -OCH3 is 3. The molecule has 1 aliphatic rings. The van der Waals surface area contributed by atoms with Crippen LogP contribution in [-0.2, 0) is 0 Å². The summed E-state index contributed by atoms with van der Waals surface area (Å²) < 4.78 is 15.8. The van der Waals surface area contributed by atoms with Crippen molar-refractivity contribution in [2.75, 3.05) is 34.4 Å². The van der Waals surface area contributed by atoms with E-state index in [2.05, 4.69) is 0 Å². The van der Waals surface area contributed by atoms with Gasteiger partial charge in [0.1, 0.15) is 0 Å². The second kappa shape index (κ2) is 6.67. The normalized spacial score (nSPS) is 18.3. The minimum atomic E-state index is -0.0654. The average Bonchev–Trinajstić information content (AvgIpc) is 2.52. The van der Waals surface area contributed by atoms with E-state index >= 15 is 0 Å². The standard InChI is InChI=1S/C15H22N2O4/c1-19-12-7-10(8-13(20-2)14(12)21-3)15(18)17-6-4-5-11(16)9-17/h7-8,11H,4-6,9,16H2,1-3H3/t11-/m0/s1. The lowest BCUT2D eigenvalue weighted by Gasteiger charge is -2.31. The van der Waals surface area contributed by atoms with Gasteiger partial charge in [0.05, 0.1) is 21.3 Å². The van der Waals surface area contributed by atoms with Crippen molar-refractivity contribution in [3.05, 3.63) is 17.7 Å². The SMILES string of the molecule is COc1cc(C(=O)N2CCC[C@H](N)C2)cc(OC)c1OC. The van der Waals surface area contributed by atoms with E-state index in [4.69, 9.17) is 19.9 Å². The van der Waals surface area contributed by atoms with Crippen LogP contribution in [0.15, 0.2) is 12.1 Å². The Balaban J connectivity index is 2.32. The fourth-order valence-corrected chi connectivity index (χ4v) is 2.58. The van der Waals surface area contributed by atoms with Gasteiger partial charge in [0.15, 0.2) is 11.5 Å². The third-order valence-electron chi connectivity index (χ3n) is 3.66. The first-order valence-electron chi connectivity index (χ1n) is 6.95. The van der Waals surface area contributed by atoms with Crippen LogP contribution in [0.5, 0.6) is 17.2 Å². The maximum atomic E-state index is 12.6. The summed E-state index contributed by atoms with van der Waals surface area (Å²) in [5, 5.41) is 0. The van der Waals surface area contributed by atoms with E-state index < -0.39 is 0 Å².